The second-order valence-corrected chi connectivity index (χ2v) is 19.4. The second-order valence-electron chi connectivity index (χ2n) is 18.6. The summed E-state index contributed by atoms with van der Waals surface area (Å²) in [4.78, 5) is 0. The third-order valence-electron chi connectivity index (χ3n) is 12.3. The molecular weight excluding hydrogens is 725 g/mol. The zero-order valence-electron chi connectivity index (χ0n) is 40.6. The van der Waals surface area contributed by atoms with Gasteiger partial charge in [0.1, 0.15) is 0 Å². The van der Waals surface area contributed by atoms with Crippen LogP contribution >= 0.6 is 0 Å². The van der Waals surface area contributed by atoms with E-state index in [1.54, 1.807) is 0 Å². The Balaban J connectivity index is -0.000000913. The second kappa shape index (κ2) is 46.8. The first kappa shape index (κ1) is 61.1. The van der Waals surface area contributed by atoms with Crippen LogP contribution in [-0.2, 0) is 10.4 Å². The van der Waals surface area contributed by atoms with Gasteiger partial charge in [0, 0.05) is 10.4 Å². The van der Waals surface area contributed by atoms with Gasteiger partial charge in [-0.25, -0.2) is 0 Å². The third kappa shape index (κ3) is 55.8. The van der Waals surface area contributed by atoms with Gasteiger partial charge in [0.25, 0.3) is 0 Å². The van der Waals surface area contributed by atoms with Crippen LogP contribution in [0, 0.1) is 0 Å². The molecule has 0 aliphatic carbocycles. The summed E-state index contributed by atoms with van der Waals surface area (Å²) in [6, 6.07) is 0. The number of rotatable bonds is 42. The molecule has 0 radical (unpaired) electrons. The maximum absolute atomic E-state index is 8.52. The Morgan fingerprint density at radius 1 is 0.263 bits per heavy atom. The van der Waals surface area contributed by atoms with Crippen molar-refractivity contribution in [2.45, 2.75) is 273 Å². The minimum atomic E-state index is -5.17. The Morgan fingerprint density at radius 2 is 0.368 bits per heavy atom. The van der Waals surface area contributed by atoms with Gasteiger partial charge in [-0.05, 0) is 77.0 Å². The molecule has 0 N–H and O–H groups in total. The average Bonchev–Trinajstić information content (AvgIpc) is 3.16. The van der Waals surface area contributed by atoms with E-state index >= 15 is 0 Å². The molecule has 0 aliphatic rings. The number of hydrogen-bond acceptors (Lipinski definition) is 4. The van der Waals surface area contributed by atoms with Crippen molar-refractivity contribution in [1.82, 2.24) is 0 Å². The summed E-state index contributed by atoms with van der Waals surface area (Å²) in [7, 11) is -0.0474. The highest BCUT2D eigenvalue weighted by Crippen LogP contribution is 2.18. The summed E-state index contributed by atoms with van der Waals surface area (Å²) in [6.07, 6.45) is 51.7. The molecule has 0 saturated carbocycles. The van der Waals surface area contributed by atoms with Gasteiger partial charge >= 0.3 is 0 Å². The molecule has 0 atom stereocenters. The van der Waals surface area contributed by atoms with Crippen molar-refractivity contribution in [2.24, 2.45) is 0 Å². The maximum Gasteiger partial charge on any atom is 0.0784 e. The van der Waals surface area contributed by atoms with Crippen molar-refractivity contribution in [3.63, 3.8) is 0 Å². The molecule has 0 aromatic rings. The van der Waals surface area contributed by atoms with E-state index in [-0.39, 0.29) is 0 Å². The van der Waals surface area contributed by atoms with Crippen LogP contribution in [0.5, 0.6) is 0 Å². The van der Waals surface area contributed by atoms with Crippen molar-refractivity contribution in [3.05, 3.63) is 0 Å². The first-order chi connectivity index (χ1) is 27.4. The van der Waals surface area contributed by atoms with Gasteiger partial charge in [-0.2, -0.15) is 0 Å². The fourth-order valence-electron chi connectivity index (χ4n) is 8.31. The third-order valence-corrected chi connectivity index (χ3v) is 12.3. The van der Waals surface area contributed by atoms with E-state index in [1.165, 1.54) is 279 Å². The summed E-state index contributed by atoms with van der Waals surface area (Å²) in [6.45, 7) is 22.4. The standard InChI is InChI=1S/2C25H54N.H2O4S/c2*1-5-8-11-14-17-20-23-26(4,24-21-18-15-12-9-6-2)25-22-19-16-13-10-7-3;1-5(2,3)4/h2*5-25H2,1-4H3;(H2,1,2,3,4)/q2*+1;/p-2. The first-order valence-electron chi connectivity index (χ1n) is 25.7. The Labute approximate surface area is 361 Å². The van der Waals surface area contributed by atoms with E-state index in [1.807, 2.05) is 0 Å². The van der Waals surface area contributed by atoms with Gasteiger partial charge < -0.3 is 18.1 Å². The molecule has 0 aliphatic heterocycles. The monoisotopic (exact) mass is 833 g/mol. The first-order valence-corrected chi connectivity index (χ1v) is 27.0. The van der Waals surface area contributed by atoms with Gasteiger partial charge in [0.2, 0.25) is 0 Å². The van der Waals surface area contributed by atoms with Crippen LogP contribution in [0.1, 0.15) is 273 Å². The van der Waals surface area contributed by atoms with Crippen molar-refractivity contribution in [3.8, 4) is 0 Å². The lowest BCUT2D eigenvalue weighted by Gasteiger charge is -2.35. The molecule has 0 rings (SSSR count). The van der Waals surface area contributed by atoms with Gasteiger partial charge in [-0.1, -0.05) is 196 Å². The minimum absolute atomic E-state index is 1.36. The summed E-state index contributed by atoms with van der Waals surface area (Å²) in [5, 5.41) is 0. The van der Waals surface area contributed by atoms with E-state index < -0.39 is 10.4 Å². The van der Waals surface area contributed by atoms with Crippen molar-refractivity contribution in [2.75, 3.05) is 53.4 Å². The normalized spacial score (nSPS) is 12.0. The van der Waals surface area contributed by atoms with Crippen LogP contribution in [0.2, 0.25) is 0 Å². The maximum atomic E-state index is 8.52. The highest BCUT2D eigenvalue weighted by Gasteiger charge is 2.21. The van der Waals surface area contributed by atoms with Crippen molar-refractivity contribution >= 4 is 10.4 Å². The van der Waals surface area contributed by atoms with Crippen LogP contribution in [0.3, 0.4) is 0 Å². The summed E-state index contributed by atoms with van der Waals surface area (Å²) >= 11 is 0. The van der Waals surface area contributed by atoms with Gasteiger partial charge in [0.05, 0.1) is 53.4 Å². The zero-order valence-corrected chi connectivity index (χ0v) is 41.5. The molecule has 6 nitrogen and oxygen atoms in total. The highest BCUT2D eigenvalue weighted by molar-refractivity contribution is 7.79. The average molecular weight is 833 g/mol. The Kier molecular flexibility index (Phi) is 50.2. The van der Waals surface area contributed by atoms with Crippen LogP contribution in [0.25, 0.3) is 0 Å². The summed E-state index contributed by atoms with van der Waals surface area (Å²) in [5.74, 6) is 0. The zero-order chi connectivity index (χ0) is 43.2. The molecule has 57 heavy (non-hydrogen) atoms. The summed E-state index contributed by atoms with van der Waals surface area (Å²) < 4.78 is 36.8. The molecule has 0 aromatic heterocycles. The van der Waals surface area contributed by atoms with Gasteiger partial charge in [0.15, 0.2) is 0 Å². The molecule has 0 bridgehead atoms. The van der Waals surface area contributed by atoms with Crippen LogP contribution < -0.4 is 0 Å². The number of quaternary nitrogens is 2. The Morgan fingerprint density at radius 3 is 0.491 bits per heavy atom. The van der Waals surface area contributed by atoms with Crippen molar-refractivity contribution < 1.29 is 26.5 Å². The molecule has 0 saturated heterocycles. The Hall–Kier alpha value is -0.210. The molecule has 0 aromatic carbocycles. The highest BCUT2D eigenvalue weighted by atomic mass is 32.3. The summed E-state index contributed by atoms with van der Waals surface area (Å²) in [5.41, 5.74) is 0. The molecule has 7 heteroatoms. The molecule has 348 valence electrons. The molecule has 0 amide bonds. The topological polar surface area (TPSA) is 80.3 Å². The fourth-order valence-corrected chi connectivity index (χ4v) is 8.31. The van der Waals surface area contributed by atoms with Crippen molar-refractivity contribution in [1.29, 1.82) is 0 Å². The number of nitrogens with zero attached hydrogens (tertiary/aromatic N) is 2. The fraction of sp³-hybridized carbons (Fsp3) is 1.00. The lowest BCUT2D eigenvalue weighted by Crippen LogP contribution is -2.46. The predicted molar refractivity (Wildman–Crippen MR) is 252 cm³/mol. The van der Waals surface area contributed by atoms with E-state index in [9.17, 15) is 0 Å². The molecular formula is C50H108N2O4S. The quantitative estimate of drug-likeness (QED) is 0.0266. The number of unbranched alkanes of at least 4 members (excludes halogenated alkanes) is 30. The van der Waals surface area contributed by atoms with Crippen LogP contribution in [0.4, 0.5) is 0 Å². The minimum Gasteiger partial charge on any atom is -0.759 e. The van der Waals surface area contributed by atoms with Gasteiger partial charge in [-0.3, -0.25) is 8.42 Å². The molecule has 0 heterocycles. The smallest absolute Gasteiger partial charge is 0.0784 e. The lowest BCUT2D eigenvalue weighted by atomic mass is 10.1. The molecule has 0 spiro atoms. The largest absolute Gasteiger partial charge is 0.759 e. The van der Waals surface area contributed by atoms with Crippen LogP contribution in [0.15, 0.2) is 0 Å². The van der Waals surface area contributed by atoms with E-state index in [0.717, 1.165) is 0 Å². The number of hydrogen-bond donors (Lipinski definition) is 0. The van der Waals surface area contributed by atoms with E-state index in [2.05, 4.69) is 55.6 Å². The Bertz CT molecular complexity index is 710. The van der Waals surface area contributed by atoms with Gasteiger partial charge in [-0.15, -0.1) is 0 Å². The molecule has 0 unspecified atom stereocenters. The van der Waals surface area contributed by atoms with E-state index in [4.69, 9.17) is 17.5 Å². The van der Waals surface area contributed by atoms with Crippen LogP contribution in [-0.4, -0.2) is 79.9 Å². The molecule has 0 fully saturated rings. The SMILES string of the molecule is CCCCCCCC[N+](C)(CCCCCCCC)CCCCCCCC.CCCCCCCC[N+](C)(CCCCCCCC)CCCCCCCC.O=S(=O)([O-])[O-]. The van der Waals surface area contributed by atoms with E-state index in [0.29, 0.717) is 0 Å². The predicted octanol–water partition coefficient (Wildman–Crippen LogP) is 15.7. The lowest BCUT2D eigenvalue weighted by molar-refractivity contribution is -0.910.